The number of rotatable bonds is 3. The smallest absolute Gasteiger partial charge is 0.240 e. The number of nitrogens with one attached hydrogen (secondary N) is 2. The van der Waals surface area contributed by atoms with Gasteiger partial charge >= 0.3 is 0 Å². The number of hydrogen-bond acceptors (Lipinski definition) is 3. The summed E-state index contributed by atoms with van der Waals surface area (Å²) in [5.41, 5.74) is 4.39. The van der Waals surface area contributed by atoms with Crippen LogP contribution < -0.4 is 16.4 Å². The van der Waals surface area contributed by atoms with Crippen molar-refractivity contribution in [3.8, 4) is 0 Å². The maximum Gasteiger partial charge on any atom is 0.240 e. The fraction of sp³-hybridized carbons (Fsp3) is 0.750. The third-order valence-electron chi connectivity index (χ3n) is 2.29. The van der Waals surface area contributed by atoms with Crippen molar-refractivity contribution in [3.63, 3.8) is 0 Å². The van der Waals surface area contributed by atoms with Crippen molar-refractivity contribution in [2.24, 2.45) is 5.73 Å². The van der Waals surface area contributed by atoms with E-state index < -0.39 is 11.4 Å². The monoisotopic (exact) mass is 185 g/mol. The summed E-state index contributed by atoms with van der Waals surface area (Å²) in [5.74, 6) is -0.668. The molecule has 0 radical (unpaired) electrons. The SMILES string of the molecule is CC1(C(=O)NCC(N)=O)CCCN1. The second-order valence-corrected chi connectivity index (χ2v) is 3.51. The van der Waals surface area contributed by atoms with Crippen molar-refractivity contribution in [1.29, 1.82) is 0 Å². The van der Waals surface area contributed by atoms with Crippen LogP contribution in [0.4, 0.5) is 0 Å². The molecule has 74 valence electrons. The van der Waals surface area contributed by atoms with Crippen molar-refractivity contribution in [1.82, 2.24) is 10.6 Å². The van der Waals surface area contributed by atoms with Crippen LogP contribution in [0.3, 0.4) is 0 Å². The Labute approximate surface area is 77.1 Å². The Balaban J connectivity index is 2.42. The predicted molar refractivity (Wildman–Crippen MR) is 47.8 cm³/mol. The molecular formula is C8H15N3O2. The van der Waals surface area contributed by atoms with Gasteiger partial charge in [-0.2, -0.15) is 0 Å². The number of carbonyl (C=O) groups excluding carboxylic acids is 2. The zero-order valence-corrected chi connectivity index (χ0v) is 7.72. The van der Waals surface area contributed by atoms with Gasteiger partial charge < -0.3 is 16.4 Å². The van der Waals surface area contributed by atoms with E-state index in [0.717, 1.165) is 19.4 Å². The van der Waals surface area contributed by atoms with Crippen LogP contribution in [0.2, 0.25) is 0 Å². The Kier molecular flexibility index (Phi) is 2.87. The van der Waals surface area contributed by atoms with E-state index in [9.17, 15) is 9.59 Å². The quantitative estimate of drug-likeness (QED) is 0.512. The highest BCUT2D eigenvalue weighted by molar-refractivity contribution is 5.89. The summed E-state index contributed by atoms with van der Waals surface area (Å²) in [6.45, 7) is 2.59. The Morgan fingerprint density at radius 2 is 2.31 bits per heavy atom. The molecular weight excluding hydrogens is 170 g/mol. The van der Waals surface area contributed by atoms with Crippen LogP contribution in [0.25, 0.3) is 0 Å². The maximum absolute atomic E-state index is 11.5. The van der Waals surface area contributed by atoms with Crippen LogP contribution in [-0.2, 0) is 9.59 Å². The molecule has 0 aromatic carbocycles. The molecule has 1 aliphatic heterocycles. The van der Waals surface area contributed by atoms with Crippen molar-refractivity contribution in [2.45, 2.75) is 25.3 Å². The Bertz CT molecular complexity index is 221. The van der Waals surface area contributed by atoms with Crippen molar-refractivity contribution in [3.05, 3.63) is 0 Å². The summed E-state index contributed by atoms with van der Waals surface area (Å²) in [6.07, 6.45) is 1.79. The molecule has 0 bridgehead atoms. The van der Waals surface area contributed by atoms with Gasteiger partial charge in [0.1, 0.15) is 0 Å². The summed E-state index contributed by atoms with van der Waals surface area (Å²) in [5, 5.41) is 5.58. The first kappa shape index (κ1) is 9.98. The van der Waals surface area contributed by atoms with Crippen LogP contribution in [0.1, 0.15) is 19.8 Å². The summed E-state index contributed by atoms with van der Waals surface area (Å²) in [4.78, 5) is 21.9. The third-order valence-corrected chi connectivity index (χ3v) is 2.29. The Morgan fingerprint density at radius 1 is 1.62 bits per heavy atom. The molecule has 0 saturated carbocycles. The highest BCUT2D eigenvalue weighted by Crippen LogP contribution is 2.17. The standard InChI is InChI=1S/C8H15N3O2/c1-8(3-2-4-11-8)7(13)10-5-6(9)12/h11H,2-5H2,1H3,(H2,9,12)(H,10,13). The summed E-state index contributed by atoms with van der Waals surface area (Å²) in [6, 6.07) is 0. The first-order valence-electron chi connectivity index (χ1n) is 4.36. The molecule has 1 unspecified atom stereocenters. The largest absolute Gasteiger partial charge is 0.368 e. The van der Waals surface area contributed by atoms with E-state index >= 15 is 0 Å². The molecule has 1 heterocycles. The fourth-order valence-corrected chi connectivity index (χ4v) is 1.45. The second-order valence-electron chi connectivity index (χ2n) is 3.51. The zero-order valence-electron chi connectivity index (χ0n) is 7.72. The first-order valence-corrected chi connectivity index (χ1v) is 4.36. The van der Waals surface area contributed by atoms with Crippen LogP contribution in [-0.4, -0.2) is 30.4 Å². The van der Waals surface area contributed by atoms with Gasteiger partial charge in [-0.05, 0) is 26.3 Å². The van der Waals surface area contributed by atoms with Gasteiger partial charge in [-0.3, -0.25) is 9.59 Å². The van der Waals surface area contributed by atoms with Gasteiger partial charge in [0.2, 0.25) is 11.8 Å². The van der Waals surface area contributed by atoms with E-state index in [0.29, 0.717) is 0 Å². The van der Waals surface area contributed by atoms with Crippen molar-refractivity contribution < 1.29 is 9.59 Å². The summed E-state index contributed by atoms with van der Waals surface area (Å²) in [7, 11) is 0. The van der Waals surface area contributed by atoms with E-state index in [-0.39, 0.29) is 12.5 Å². The maximum atomic E-state index is 11.5. The lowest BCUT2D eigenvalue weighted by atomic mass is 9.99. The molecule has 0 aliphatic carbocycles. The molecule has 4 N–H and O–H groups in total. The molecule has 0 spiro atoms. The highest BCUT2D eigenvalue weighted by Gasteiger charge is 2.35. The number of hydrogen-bond donors (Lipinski definition) is 3. The molecule has 1 fully saturated rings. The fourth-order valence-electron chi connectivity index (χ4n) is 1.45. The number of carbonyl (C=O) groups is 2. The number of nitrogens with two attached hydrogens (primary N) is 1. The van der Waals surface area contributed by atoms with Crippen LogP contribution in [0, 0.1) is 0 Å². The van der Waals surface area contributed by atoms with Gasteiger partial charge in [0.15, 0.2) is 0 Å². The molecule has 0 aromatic rings. The molecule has 2 amide bonds. The molecule has 1 aliphatic rings. The van der Waals surface area contributed by atoms with Gasteiger partial charge in [0.25, 0.3) is 0 Å². The van der Waals surface area contributed by atoms with E-state index in [1.807, 2.05) is 6.92 Å². The van der Waals surface area contributed by atoms with Gasteiger partial charge in [0.05, 0.1) is 12.1 Å². The summed E-state index contributed by atoms with van der Waals surface area (Å²) >= 11 is 0. The van der Waals surface area contributed by atoms with Crippen LogP contribution >= 0.6 is 0 Å². The van der Waals surface area contributed by atoms with Gasteiger partial charge in [-0.15, -0.1) is 0 Å². The van der Waals surface area contributed by atoms with Gasteiger partial charge in [0, 0.05) is 0 Å². The normalized spacial score (nSPS) is 27.2. The number of primary amides is 1. The highest BCUT2D eigenvalue weighted by atomic mass is 16.2. The molecule has 5 nitrogen and oxygen atoms in total. The lowest BCUT2D eigenvalue weighted by molar-refractivity contribution is -0.128. The minimum atomic E-state index is -0.519. The van der Waals surface area contributed by atoms with E-state index in [1.165, 1.54) is 0 Å². The average Bonchev–Trinajstić information content (AvgIpc) is 2.49. The third kappa shape index (κ3) is 2.42. The lowest BCUT2D eigenvalue weighted by Gasteiger charge is -2.22. The molecule has 1 rings (SSSR count). The Morgan fingerprint density at radius 3 is 2.77 bits per heavy atom. The zero-order chi connectivity index (χ0) is 9.90. The van der Waals surface area contributed by atoms with Crippen molar-refractivity contribution in [2.75, 3.05) is 13.1 Å². The topological polar surface area (TPSA) is 84.2 Å². The Hall–Kier alpha value is -1.10. The molecule has 1 saturated heterocycles. The minimum absolute atomic E-state index is 0.0872. The molecule has 0 aromatic heterocycles. The minimum Gasteiger partial charge on any atom is -0.368 e. The summed E-state index contributed by atoms with van der Waals surface area (Å²) < 4.78 is 0. The number of amides is 2. The molecule has 1 atom stereocenters. The van der Waals surface area contributed by atoms with Crippen LogP contribution in [0.5, 0.6) is 0 Å². The molecule has 13 heavy (non-hydrogen) atoms. The lowest BCUT2D eigenvalue weighted by Crippen LogP contribution is -2.52. The first-order chi connectivity index (χ1) is 6.04. The average molecular weight is 185 g/mol. The second kappa shape index (κ2) is 3.74. The van der Waals surface area contributed by atoms with E-state index in [4.69, 9.17) is 5.73 Å². The molecule has 5 heteroatoms. The van der Waals surface area contributed by atoms with Crippen molar-refractivity contribution >= 4 is 11.8 Å². The van der Waals surface area contributed by atoms with E-state index in [1.54, 1.807) is 0 Å². The van der Waals surface area contributed by atoms with Gasteiger partial charge in [-0.25, -0.2) is 0 Å². The van der Waals surface area contributed by atoms with Gasteiger partial charge in [-0.1, -0.05) is 0 Å². The van der Waals surface area contributed by atoms with E-state index in [2.05, 4.69) is 10.6 Å². The predicted octanol–water partition coefficient (Wildman–Crippen LogP) is -1.27. The van der Waals surface area contributed by atoms with Crippen LogP contribution in [0.15, 0.2) is 0 Å².